The predicted molar refractivity (Wildman–Crippen MR) is 69.3 cm³/mol. The van der Waals surface area contributed by atoms with Crippen LogP contribution in [0.1, 0.15) is 5.56 Å². The number of rotatable bonds is 3. The first kappa shape index (κ1) is 11.0. The Morgan fingerprint density at radius 3 is 2.38 bits per heavy atom. The lowest BCUT2D eigenvalue weighted by Gasteiger charge is -2.08. The molecule has 0 atom stereocenters. The van der Waals surface area contributed by atoms with Crippen molar-refractivity contribution in [3.05, 3.63) is 58.6 Å². The van der Waals surface area contributed by atoms with E-state index in [2.05, 4.69) is 15.9 Å². The van der Waals surface area contributed by atoms with Crippen LogP contribution in [-0.4, -0.2) is 0 Å². The fraction of sp³-hybridized carbons (Fsp3) is 0.0769. The first-order valence-corrected chi connectivity index (χ1v) is 5.77. The molecule has 2 nitrogen and oxygen atoms in total. The molecule has 0 bridgehead atoms. The number of nitrogen functional groups attached to an aromatic ring is 1. The third kappa shape index (κ3) is 2.76. The fourth-order valence-corrected chi connectivity index (χ4v) is 1.62. The molecule has 16 heavy (non-hydrogen) atoms. The number of hydrogen-bond donors (Lipinski definition) is 1. The summed E-state index contributed by atoms with van der Waals surface area (Å²) in [5.41, 5.74) is 7.56. The minimum atomic E-state index is 0.529. The van der Waals surface area contributed by atoms with Gasteiger partial charge in [-0.25, -0.2) is 0 Å². The fourth-order valence-electron chi connectivity index (χ4n) is 1.35. The largest absolute Gasteiger partial charge is 0.487 e. The van der Waals surface area contributed by atoms with Gasteiger partial charge in [0.25, 0.3) is 0 Å². The maximum Gasteiger partial charge on any atom is 0.142 e. The summed E-state index contributed by atoms with van der Waals surface area (Å²) in [6.45, 7) is 0.529. The molecular formula is C13H12BrNO. The Morgan fingerprint density at radius 2 is 1.69 bits per heavy atom. The number of anilines is 1. The van der Waals surface area contributed by atoms with Gasteiger partial charge >= 0.3 is 0 Å². The SMILES string of the molecule is Nc1ccccc1OCc1ccc(Br)cc1. The lowest BCUT2D eigenvalue weighted by atomic mass is 10.2. The monoisotopic (exact) mass is 277 g/mol. The maximum absolute atomic E-state index is 5.78. The second-order valence-electron chi connectivity index (χ2n) is 3.45. The maximum atomic E-state index is 5.78. The quantitative estimate of drug-likeness (QED) is 0.870. The Labute approximate surface area is 103 Å². The van der Waals surface area contributed by atoms with Gasteiger partial charge in [0.1, 0.15) is 12.4 Å². The van der Waals surface area contributed by atoms with Crippen molar-refractivity contribution in [2.24, 2.45) is 0 Å². The summed E-state index contributed by atoms with van der Waals surface area (Å²) < 4.78 is 6.69. The zero-order chi connectivity index (χ0) is 11.4. The highest BCUT2D eigenvalue weighted by atomic mass is 79.9. The zero-order valence-corrected chi connectivity index (χ0v) is 10.3. The first-order chi connectivity index (χ1) is 7.75. The van der Waals surface area contributed by atoms with E-state index in [0.29, 0.717) is 12.3 Å². The highest BCUT2D eigenvalue weighted by molar-refractivity contribution is 9.10. The second-order valence-corrected chi connectivity index (χ2v) is 4.37. The normalized spacial score (nSPS) is 10.1. The van der Waals surface area contributed by atoms with E-state index in [0.717, 1.165) is 15.8 Å². The van der Waals surface area contributed by atoms with Gasteiger partial charge in [-0.05, 0) is 29.8 Å². The summed E-state index contributed by atoms with van der Waals surface area (Å²) in [5, 5.41) is 0. The average molecular weight is 278 g/mol. The van der Waals surface area contributed by atoms with Crippen LogP contribution in [0, 0.1) is 0 Å². The molecule has 0 amide bonds. The lowest BCUT2D eigenvalue weighted by molar-refractivity contribution is 0.308. The van der Waals surface area contributed by atoms with E-state index in [4.69, 9.17) is 10.5 Å². The Balaban J connectivity index is 2.02. The van der Waals surface area contributed by atoms with Crippen LogP contribution in [0.15, 0.2) is 53.0 Å². The molecule has 0 heterocycles. The van der Waals surface area contributed by atoms with Crippen LogP contribution in [0.3, 0.4) is 0 Å². The molecule has 0 fully saturated rings. The van der Waals surface area contributed by atoms with Crippen LogP contribution in [0.5, 0.6) is 5.75 Å². The molecule has 0 saturated carbocycles. The van der Waals surface area contributed by atoms with Gasteiger partial charge in [0.15, 0.2) is 0 Å². The predicted octanol–water partition coefficient (Wildman–Crippen LogP) is 3.61. The lowest BCUT2D eigenvalue weighted by Crippen LogP contribution is -1.98. The third-order valence-corrected chi connectivity index (χ3v) is 2.76. The van der Waals surface area contributed by atoms with Crippen LogP contribution in [0.2, 0.25) is 0 Å². The third-order valence-electron chi connectivity index (χ3n) is 2.23. The highest BCUT2D eigenvalue weighted by Crippen LogP contribution is 2.21. The Bertz CT molecular complexity index is 468. The second kappa shape index (κ2) is 5.03. The van der Waals surface area contributed by atoms with Crippen LogP contribution in [0.4, 0.5) is 5.69 Å². The molecule has 3 heteroatoms. The molecule has 2 rings (SSSR count). The van der Waals surface area contributed by atoms with E-state index in [1.807, 2.05) is 48.5 Å². The summed E-state index contributed by atoms with van der Waals surface area (Å²) in [4.78, 5) is 0. The van der Waals surface area contributed by atoms with Crippen LogP contribution >= 0.6 is 15.9 Å². The van der Waals surface area contributed by atoms with Gasteiger partial charge in [0.2, 0.25) is 0 Å². The molecule has 82 valence electrons. The summed E-state index contributed by atoms with van der Waals surface area (Å²) >= 11 is 3.39. The first-order valence-electron chi connectivity index (χ1n) is 4.97. The van der Waals surface area contributed by atoms with Gasteiger partial charge in [-0.1, -0.05) is 40.2 Å². The molecule has 0 aliphatic carbocycles. The van der Waals surface area contributed by atoms with Crippen molar-refractivity contribution in [2.75, 3.05) is 5.73 Å². The average Bonchev–Trinajstić information content (AvgIpc) is 2.30. The number of nitrogens with two attached hydrogens (primary N) is 1. The van der Waals surface area contributed by atoms with Crippen molar-refractivity contribution in [3.8, 4) is 5.75 Å². The van der Waals surface area contributed by atoms with Crippen molar-refractivity contribution in [3.63, 3.8) is 0 Å². The molecule has 2 aromatic rings. The van der Waals surface area contributed by atoms with E-state index >= 15 is 0 Å². The highest BCUT2D eigenvalue weighted by Gasteiger charge is 1.99. The van der Waals surface area contributed by atoms with E-state index in [9.17, 15) is 0 Å². The van der Waals surface area contributed by atoms with E-state index in [1.165, 1.54) is 0 Å². The summed E-state index contributed by atoms with van der Waals surface area (Å²) in [6.07, 6.45) is 0. The molecule has 0 saturated heterocycles. The smallest absolute Gasteiger partial charge is 0.142 e. The molecule has 0 unspecified atom stereocenters. The van der Waals surface area contributed by atoms with Crippen molar-refractivity contribution in [1.29, 1.82) is 0 Å². The summed E-state index contributed by atoms with van der Waals surface area (Å²) in [6, 6.07) is 15.5. The molecule has 0 spiro atoms. The van der Waals surface area contributed by atoms with Crippen molar-refractivity contribution in [2.45, 2.75) is 6.61 Å². The Kier molecular flexibility index (Phi) is 3.47. The molecule has 0 aliphatic heterocycles. The number of para-hydroxylation sites is 2. The summed E-state index contributed by atoms with van der Waals surface area (Å²) in [7, 11) is 0. The van der Waals surface area contributed by atoms with Gasteiger partial charge < -0.3 is 10.5 Å². The molecule has 2 N–H and O–H groups in total. The van der Waals surface area contributed by atoms with Crippen LogP contribution < -0.4 is 10.5 Å². The minimum absolute atomic E-state index is 0.529. The number of benzene rings is 2. The molecule has 0 aromatic heterocycles. The number of halogens is 1. The van der Waals surface area contributed by atoms with Gasteiger partial charge in [-0.2, -0.15) is 0 Å². The standard InChI is InChI=1S/C13H12BrNO/c14-11-7-5-10(6-8-11)9-16-13-4-2-1-3-12(13)15/h1-8H,9,15H2. The Morgan fingerprint density at radius 1 is 1.00 bits per heavy atom. The van der Waals surface area contributed by atoms with Crippen LogP contribution in [-0.2, 0) is 6.61 Å². The molecule has 0 radical (unpaired) electrons. The number of ether oxygens (including phenoxy) is 1. The van der Waals surface area contributed by atoms with Gasteiger partial charge in [0.05, 0.1) is 5.69 Å². The van der Waals surface area contributed by atoms with Crippen molar-refractivity contribution >= 4 is 21.6 Å². The van der Waals surface area contributed by atoms with Crippen molar-refractivity contribution in [1.82, 2.24) is 0 Å². The van der Waals surface area contributed by atoms with Crippen LogP contribution in [0.25, 0.3) is 0 Å². The zero-order valence-electron chi connectivity index (χ0n) is 8.69. The van der Waals surface area contributed by atoms with Crippen molar-refractivity contribution < 1.29 is 4.74 Å². The minimum Gasteiger partial charge on any atom is -0.487 e. The molecule has 0 aliphatic rings. The van der Waals surface area contributed by atoms with Gasteiger partial charge in [-0.3, -0.25) is 0 Å². The summed E-state index contributed by atoms with van der Waals surface area (Å²) in [5.74, 6) is 0.727. The van der Waals surface area contributed by atoms with E-state index in [-0.39, 0.29) is 0 Å². The van der Waals surface area contributed by atoms with Gasteiger partial charge in [0, 0.05) is 4.47 Å². The molecule has 2 aromatic carbocycles. The Hall–Kier alpha value is -1.48. The van der Waals surface area contributed by atoms with Gasteiger partial charge in [-0.15, -0.1) is 0 Å². The molecular weight excluding hydrogens is 266 g/mol. The van der Waals surface area contributed by atoms with E-state index in [1.54, 1.807) is 0 Å². The number of hydrogen-bond acceptors (Lipinski definition) is 2. The topological polar surface area (TPSA) is 35.2 Å². The van der Waals surface area contributed by atoms with E-state index < -0.39 is 0 Å².